The van der Waals surface area contributed by atoms with Gasteiger partial charge in [-0.2, -0.15) is 0 Å². The number of nitrogens with zero attached hydrogens (tertiary/aromatic N) is 1. The molecule has 3 rings (SSSR count). The first-order valence-corrected chi connectivity index (χ1v) is 9.91. The van der Waals surface area contributed by atoms with Crippen molar-refractivity contribution in [2.45, 2.75) is 57.1 Å². The summed E-state index contributed by atoms with van der Waals surface area (Å²) in [4.78, 5) is 2.64. The summed E-state index contributed by atoms with van der Waals surface area (Å²) in [5.41, 5.74) is 0.973. The van der Waals surface area contributed by atoms with Crippen LogP contribution in [0.2, 0.25) is 0 Å². The lowest BCUT2D eigenvalue weighted by atomic mass is 9.90. The molecule has 0 atom stereocenters. The Morgan fingerprint density at radius 3 is 2.15 bits per heavy atom. The Kier molecular flexibility index (Phi) is 9.80. The highest BCUT2D eigenvalue weighted by Crippen LogP contribution is 2.28. The number of piperidine rings is 1. The number of likely N-dealkylation sites (tertiary alicyclic amines) is 1. The minimum absolute atomic E-state index is 0.108. The van der Waals surface area contributed by atoms with E-state index in [1.807, 2.05) is 24.3 Å². The normalized spacial score (nSPS) is 17.5. The van der Waals surface area contributed by atoms with Crippen LogP contribution in [-0.2, 0) is 0 Å². The molecule has 1 aliphatic heterocycles. The zero-order chi connectivity index (χ0) is 19.3. The Morgan fingerprint density at radius 1 is 1.00 bits per heavy atom. The highest BCUT2D eigenvalue weighted by Gasteiger charge is 2.29. The van der Waals surface area contributed by atoms with E-state index in [0.717, 1.165) is 30.2 Å². The van der Waals surface area contributed by atoms with Crippen molar-refractivity contribution >= 4 is 0 Å². The molecule has 4 heteroatoms. The highest BCUT2D eigenvalue weighted by molar-refractivity contribution is 5.38. The van der Waals surface area contributed by atoms with Gasteiger partial charge in [0.05, 0.1) is 13.2 Å². The topological polar surface area (TPSA) is 52.9 Å². The SMILES string of the molecule is C#CCCO.OCCC#Cc1ccc(OC2CCN(C3CCC3)CC2)cc1. The van der Waals surface area contributed by atoms with Crippen LogP contribution in [0.5, 0.6) is 5.75 Å². The summed E-state index contributed by atoms with van der Waals surface area (Å²) >= 11 is 0. The summed E-state index contributed by atoms with van der Waals surface area (Å²) in [7, 11) is 0. The lowest BCUT2D eigenvalue weighted by Gasteiger charge is -2.41. The van der Waals surface area contributed by atoms with Gasteiger partial charge in [0.15, 0.2) is 0 Å². The van der Waals surface area contributed by atoms with E-state index >= 15 is 0 Å². The van der Waals surface area contributed by atoms with Crippen LogP contribution < -0.4 is 4.74 Å². The second-order valence-corrected chi connectivity index (χ2v) is 6.92. The first-order valence-electron chi connectivity index (χ1n) is 9.91. The van der Waals surface area contributed by atoms with Gasteiger partial charge in [0.25, 0.3) is 0 Å². The fourth-order valence-electron chi connectivity index (χ4n) is 3.20. The lowest BCUT2D eigenvalue weighted by Crippen LogP contribution is -2.46. The van der Waals surface area contributed by atoms with Crippen LogP contribution in [-0.4, -0.2) is 53.6 Å². The maximum absolute atomic E-state index is 8.72. The minimum Gasteiger partial charge on any atom is -0.490 e. The molecule has 1 heterocycles. The molecular weight excluding hydrogens is 338 g/mol. The number of hydrogen-bond donors (Lipinski definition) is 2. The summed E-state index contributed by atoms with van der Waals surface area (Å²) in [6.45, 7) is 2.59. The third kappa shape index (κ3) is 7.65. The first-order chi connectivity index (χ1) is 13.3. The van der Waals surface area contributed by atoms with Crippen LogP contribution in [0.25, 0.3) is 0 Å². The first kappa shape index (κ1) is 21.3. The van der Waals surface area contributed by atoms with E-state index in [4.69, 9.17) is 21.4 Å². The molecule has 2 aliphatic rings. The molecule has 4 nitrogen and oxygen atoms in total. The molecule has 1 saturated heterocycles. The molecular formula is C23H31NO3. The third-order valence-electron chi connectivity index (χ3n) is 4.95. The van der Waals surface area contributed by atoms with E-state index in [0.29, 0.717) is 18.9 Å². The van der Waals surface area contributed by atoms with Crippen molar-refractivity contribution in [3.8, 4) is 29.9 Å². The van der Waals surface area contributed by atoms with Crippen molar-refractivity contribution in [3.63, 3.8) is 0 Å². The highest BCUT2D eigenvalue weighted by atomic mass is 16.5. The van der Waals surface area contributed by atoms with Gasteiger partial charge in [-0.15, -0.1) is 12.3 Å². The zero-order valence-corrected chi connectivity index (χ0v) is 16.1. The van der Waals surface area contributed by atoms with Crippen LogP contribution in [0.15, 0.2) is 24.3 Å². The second-order valence-electron chi connectivity index (χ2n) is 6.92. The van der Waals surface area contributed by atoms with E-state index < -0.39 is 0 Å². The van der Waals surface area contributed by atoms with E-state index in [1.54, 1.807) is 0 Å². The van der Waals surface area contributed by atoms with Gasteiger partial charge in [-0.1, -0.05) is 18.3 Å². The van der Waals surface area contributed by atoms with Crippen molar-refractivity contribution in [2.24, 2.45) is 0 Å². The Hall–Kier alpha value is -1.98. The molecule has 146 valence electrons. The smallest absolute Gasteiger partial charge is 0.119 e. The third-order valence-corrected chi connectivity index (χ3v) is 4.95. The van der Waals surface area contributed by atoms with E-state index in [2.05, 4.69) is 22.7 Å². The predicted molar refractivity (Wildman–Crippen MR) is 108 cm³/mol. The average molecular weight is 370 g/mol. The summed E-state index contributed by atoms with van der Waals surface area (Å²) < 4.78 is 6.10. The molecule has 0 spiro atoms. The van der Waals surface area contributed by atoms with Gasteiger partial charge >= 0.3 is 0 Å². The van der Waals surface area contributed by atoms with E-state index in [-0.39, 0.29) is 13.2 Å². The Balaban J connectivity index is 0.000000465. The fourth-order valence-corrected chi connectivity index (χ4v) is 3.20. The molecule has 2 N–H and O–H groups in total. The molecule has 0 unspecified atom stereocenters. The Morgan fingerprint density at radius 2 is 1.67 bits per heavy atom. The Bertz CT molecular complexity index is 626. The van der Waals surface area contributed by atoms with Crippen LogP contribution in [0.1, 0.15) is 50.5 Å². The molecule has 1 aromatic carbocycles. The molecule has 1 saturated carbocycles. The van der Waals surface area contributed by atoms with Crippen LogP contribution in [0.3, 0.4) is 0 Å². The zero-order valence-electron chi connectivity index (χ0n) is 16.1. The number of benzene rings is 1. The number of ether oxygens (including phenoxy) is 1. The van der Waals surface area contributed by atoms with Gasteiger partial charge in [-0.25, -0.2) is 0 Å². The van der Waals surface area contributed by atoms with Gasteiger partial charge in [-0.05, 0) is 49.9 Å². The lowest BCUT2D eigenvalue weighted by molar-refractivity contribution is 0.0493. The van der Waals surface area contributed by atoms with Crippen LogP contribution in [0.4, 0.5) is 0 Å². The van der Waals surface area contributed by atoms with Crippen molar-refractivity contribution < 1.29 is 14.9 Å². The van der Waals surface area contributed by atoms with Crippen molar-refractivity contribution in [3.05, 3.63) is 29.8 Å². The number of aliphatic hydroxyl groups is 2. The van der Waals surface area contributed by atoms with Gasteiger partial charge in [0.1, 0.15) is 11.9 Å². The molecule has 0 bridgehead atoms. The summed E-state index contributed by atoms with van der Waals surface area (Å²) in [6, 6.07) is 8.84. The number of rotatable bonds is 5. The molecule has 2 fully saturated rings. The molecule has 0 amide bonds. The van der Waals surface area contributed by atoms with Gasteiger partial charge in [-0.3, -0.25) is 0 Å². The van der Waals surface area contributed by atoms with Crippen molar-refractivity contribution in [1.29, 1.82) is 0 Å². The molecule has 0 radical (unpaired) electrons. The summed E-state index contributed by atoms with van der Waals surface area (Å²) in [5.74, 6) is 9.17. The summed E-state index contributed by atoms with van der Waals surface area (Å²) in [6.07, 6.45) is 12.5. The molecule has 1 aliphatic carbocycles. The second kappa shape index (κ2) is 12.4. The fraction of sp³-hybridized carbons (Fsp3) is 0.565. The van der Waals surface area contributed by atoms with Gasteiger partial charge in [0, 0.05) is 37.5 Å². The molecule has 0 aromatic heterocycles. The number of aliphatic hydroxyl groups excluding tert-OH is 2. The minimum atomic E-state index is 0.108. The number of hydrogen-bond acceptors (Lipinski definition) is 4. The molecule has 1 aromatic rings. The maximum Gasteiger partial charge on any atom is 0.119 e. The quantitative estimate of drug-likeness (QED) is 0.784. The Labute approximate surface area is 163 Å². The van der Waals surface area contributed by atoms with Crippen LogP contribution in [0, 0.1) is 24.2 Å². The number of terminal acetylenes is 1. The van der Waals surface area contributed by atoms with E-state index in [9.17, 15) is 0 Å². The van der Waals surface area contributed by atoms with E-state index in [1.165, 1.54) is 32.4 Å². The molecule has 27 heavy (non-hydrogen) atoms. The van der Waals surface area contributed by atoms with Crippen molar-refractivity contribution in [2.75, 3.05) is 26.3 Å². The average Bonchev–Trinajstić information content (AvgIpc) is 2.65. The maximum atomic E-state index is 8.72. The van der Waals surface area contributed by atoms with Crippen molar-refractivity contribution in [1.82, 2.24) is 4.90 Å². The van der Waals surface area contributed by atoms with Gasteiger partial charge in [0.2, 0.25) is 0 Å². The monoisotopic (exact) mass is 369 g/mol. The van der Waals surface area contributed by atoms with Crippen LogP contribution >= 0.6 is 0 Å². The standard InChI is InChI=1S/C19H25NO2.C4H6O/c21-15-2-1-4-16-7-9-18(10-8-16)22-19-11-13-20(14-12-19)17-5-3-6-17;1-2-3-4-5/h7-10,17,19,21H,2-3,5-6,11-15H2;1,5H,3-4H2. The predicted octanol–water partition coefficient (Wildman–Crippen LogP) is 2.82. The summed E-state index contributed by atoms with van der Waals surface area (Å²) in [5, 5.41) is 16.6. The largest absolute Gasteiger partial charge is 0.490 e. The van der Waals surface area contributed by atoms with Gasteiger partial charge < -0.3 is 19.8 Å².